The van der Waals surface area contributed by atoms with Crippen LogP contribution in [0.15, 0.2) is 77.3 Å². The normalized spacial score (nSPS) is 17.1. The van der Waals surface area contributed by atoms with Crippen molar-refractivity contribution >= 4 is 45.6 Å². The van der Waals surface area contributed by atoms with Gasteiger partial charge in [0, 0.05) is 31.0 Å². The number of halogens is 4. The smallest absolute Gasteiger partial charge is 0.364 e. The molecule has 42 heavy (non-hydrogen) atoms. The van der Waals surface area contributed by atoms with Crippen molar-refractivity contribution in [1.82, 2.24) is 19.6 Å². The van der Waals surface area contributed by atoms with Gasteiger partial charge in [0.15, 0.2) is 0 Å². The first-order chi connectivity index (χ1) is 20.1. The molecule has 0 saturated carbocycles. The minimum absolute atomic E-state index is 0.140. The molecule has 3 unspecified atom stereocenters. The average molecular weight is 634 g/mol. The lowest BCUT2D eigenvalue weighted by molar-refractivity contribution is -0.137. The molecule has 0 bridgehead atoms. The lowest BCUT2D eigenvalue weighted by Gasteiger charge is -2.22. The fourth-order valence-corrected chi connectivity index (χ4v) is 7.61. The van der Waals surface area contributed by atoms with Crippen LogP contribution in [0, 0.1) is 0 Å². The van der Waals surface area contributed by atoms with Crippen LogP contribution in [0.2, 0.25) is 4.34 Å². The van der Waals surface area contributed by atoms with Crippen molar-refractivity contribution in [3.05, 3.63) is 94.1 Å². The molecule has 1 amide bonds. The third-order valence-electron chi connectivity index (χ3n) is 6.87. The molecule has 1 aliphatic rings. The van der Waals surface area contributed by atoms with Crippen molar-refractivity contribution in [3.8, 4) is 11.3 Å². The van der Waals surface area contributed by atoms with Gasteiger partial charge in [-0.2, -0.15) is 13.2 Å². The molecule has 1 aromatic carbocycles. The number of benzene rings is 1. The number of carbonyl (C=O) groups excluding carboxylic acids is 1. The first-order valence-corrected chi connectivity index (χ1v) is 15.5. The number of alkyl halides is 3. The Hall–Kier alpha value is -3.32. The topological polar surface area (TPSA) is 87.2 Å². The van der Waals surface area contributed by atoms with Gasteiger partial charge in [-0.3, -0.25) is 9.78 Å². The number of hydrogen-bond acceptors (Lipinski definition) is 6. The summed E-state index contributed by atoms with van der Waals surface area (Å²) in [5.74, 6) is 0.246. The van der Waals surface area contributed by atoms with Crippen LogP contribution in [0.5, 0.6) is 0 Å². The Kier molecular flexibility index (Phi) is 9.26. The standard InChI is InChI=1S/C29H27ClF3N5O2S2/c1-18(20-10-12-34-13-11-20)36-26-16-19(15-23(37-26)21-4-6-22(7-5-21)29(31,32)33)17-35-28(39)24-3-2-14-38(24)42(40)27-9-8-25(30)41-27/h4-13,15-16,18,24H,2-3,14,17H2,1H3,(H,35,39)(H,36,37). The van der Waals surface area contributed by atoms with Crippen LogP contribution in [-0.4, -0.2) is 37.0 Å². The van der Waals surface area contributed by atoms with Gasteiger partial charge in [0.05, 0.1) is 21.6 Å². The SMILES string of the molecule is CC(Nc1cc(CNC(=O)C2CCCN2S(=O)c2ccc(Cl)s2)cc(-c2ccc(C(F)(F)F)cc2)n1)c1ccncc1. The quantitative estimate of drug-likeness (QED) is 0.210. The zero-order valence-electron chi connectivity index (χ0n) is 22.4. The van der Waals surface area contributed by atoms with E-state index >= 15 is 0 Å². The molecule has 2 N–H and O–H groups in total. The zero-order chi connectivity index (χ0) is 29.9. The first-order valence-electron chi connectivity index (χ1n) is 13.1. The molecule has 0 spiro atoms. The molecule has 3 atom stereocenters. The second kappa shape index (κ2) is 12.9. The summed E-state index contributed by atoms with van der Waals surface area (Å²) in [6, 6.07) is 14.8. The van der Waals surface area contributed by atoms with Gasteiger partial charge in [0.2, 0.25) is 5.91 Å². The van der Waals surface area contributed by atoms with Gasteiger partial charge in [-0.1, -0.05) is 23.7 Å². The number of amides is 1. The van der Waals surface area contributed by atoms with E-state index < -0.39 is 28.8 Å². The fourth-order valence-electron chi connectivity index (χ4n) is 4.71. The molecule has 1 fully saturated rings. The fraction of sp³-hybridized carbons (Fsp3) is 0.276. The van der Waals surface area contributed by atoms with E-state index in [1.165, 1.54) is 23.5 Å². The van der Waals surface area contributed by atoms with Gasteiger partial charge in [-0.05, 0) is 79.4 Å². The number of nitrogens with one attached hydrogen (secondary N) is 2. The second-order valence-corrected chi connectivity index (χ2v) is 13.2. The van der Waals surface area contributed by atoms with Crippen LogP contribution in [0.4, 0.5) is 19.0 Å². The predicted molar refractivity (Wildman–Crippen MR) is 158 cm³/mol. The van der Waals surface area contributed by atoms with Crippen LogP contribution in [0.25, 0.3) is 11.3 Å². The van der Waals surface area contributed by atoms with E-state index in [4.69, 9.17) is 11.6 Å². The first kappa shape index (κ1) is 30.1. The van der Waals surface area contributed by atoms with Crippen molar-refractivity contribution in [1.29, 1.82) is 0 Å². The molecule has 13 heteroatoms. The van der Waals surface area contributed by atoms with E-state index in [2.05, 4.69) is 20.6 Å². The third-order valence-corrected chi connectivity index (χ3v) is 9.92. The minimum atomic E-state index is -4.45. The summed E-state index contributed by atoms with van der Waals surface area (Å²) >= 11 is 7.24. The van der Waals surface area contributed by atoms with Crippen molar-refractivity contribution in [2.24, 2.45) is 0 Å². The van der Waals surface area contributed by atoms with Gasteiger partial charge in [0.25, 0.3) is 0 Å². The molecular weight excluding hydrogens is 607 g/mol. The van der Waals surface area contributed by atoms with E-state index in [-0.39, 0.29) is 18.5 Å². The molecule has 7 nitrogen and oxygen atoms in total. The van der Waals surface area contributed by atoms with Crippen molar-refractivity contribution in [2.45, 2.75) is 48.8 Å². The maximum absolute atomic E-state index is 13.3. The molecule has 5 rings (SSSR count). The molecule has 3 aromatic heterocycles. The van der Waals surface area contributed by atoms with Crippen LogP contribution < -0.4 is 10.6 Å². The largest absolute Gasteiger partial charge is 0.416 e. The van der Waals surface area contributed by atoms with E-state index in [0.29, 0.717) is 44.1 Å². The highest BCUT2D eigenvalue weighted by Crippen LogP contribution is 2.32. The summed E-state index contributed by atoms with van der Waals surface area (Å²) in [5, 5.41) is 6.29. The summed E-state index contributed by atoms with van der Waals surface area (Å²) in [6.45, 7) is 2.63. The number of carbonyl (C=O) groups is 1. The van der Waals surface area contributed by atoms with E-state index in [0.717, 1.165) is 24.1 Å². The highest BCUT2D eigenvalue weighted by Gasteiger charge is 2.35. The predicted octanol–water partition coefficient (Wildman–Crippen LogP) is 6.85. The molecule has 4 aromatic rings. The van der Waals surface area contributed by atoms with E-state index in [9.17, 15) is 22.2 Å². The summed E-state index contributed by atoms with van der Waals surface area (Å²) in [4.78, 5) is 22.0. The van der Waals surface area contributed by atoms with Crippen LogP contribution in [0.1, 0.15) is 42.5 Å². The average Bonchev–Trinajstić information content (AvgIpc) is 3.65. The summed E-state index contributed by atoms with van der Waals surface area (Å²) in [7, 11) is -1.50. The van der Waals surface area contributed by atoms with E-state index in [1.807, 2.05) is 19.1 Å². The summed E-state index contributed by atoms with van der Waals surface area (Å²) in [5.41, 5.74) is 1.89. The number of anilines is 1. The Bertz CT molecular complexity index is 1570. The van der Waals surface area contributed by atoms with Gasteiger partial charge in [-0.25, -0.2) is 13.5 Å². The maximum atomic E-state index is 13.3. The van der Waals surface area contributed by atoms with Gasteiger partial charge < -0.3 is 10.6 Å². The molecule has 220 valence electrons. The van der Waals surface area contributed by atoms with Crippen LogP contribution >= 0.6 is 22.9 Å². The van der Waals surface area contributed by atoms with Gasteiger partial charge in [-0.15, -0.1) is 11.3 Å². The maximum Gasteiger partial charge on any atom is 0.416 e. The number of aromatic nitrogens is 2. The number of nitrogens with zero attached hydrogens (tertiary/aromatic N) is 3. The Morgan fingerprint density at radius 3 is 2.55 bits per heavy atom. The van der Waals surface area contributed by atoms with Gasteiger partial charge >= 0.3 is 6.18 Å². The van der Waals surface area contributed by atoms with Crippen molar-refractivity contribution in [3.63, 3.8) is 0 Å². The molecule has 0 radical (unpaired) electrons. The number of pyridine rings is 2. The third kappa shape index (κ3) is 7.17. The number of thiophene rings is 1. The second-order valence-electron chi connectivity index (χ2n) is 9.79. The van der Waals surface area contributed by atoms with Crippen LogP contribution in [0.3, 0.4) is 0 Å². The molecule has 1 saturated heterocycles. The van der Waals surface area contributed by atoms with E-state index in [1.54, 1.807) is 41.0 Å². The molecule has 1 aliphatic heterocycles. The van der Waals surface area contributed by atoms with Gasteiger partial charge in [0.1, 0.15) is 27.1 Å². The monoisotopic (exact) mass is 633 g/mol. The Morgan fingerprint density at radius 2 is 1.88 bits per heavy atom. The lowest BCUT2D eigenvalue weighted by atomic mass is 10.1. The molecule has 4 heterocycles. The van der Waals surface area contributed by atoms with Crippen molar-refractivity contribution < 1.29 is 22.2 Å². The Balaban J connectivity index is 1.36. The highest BCUT2D eigenvalue weighted by atomic mass is 35.5. The molecule has 0 aliphatic carbocycles. The summed E-state index contributed by atoms with van der Waals surface area (Å²) in [6.07, 6.45) is 0.232. The van der Waals surface area contributed by atoms with Crippen molar-refractivity contribution in [2.75, 3.05) is 11.9 Å². The number of hydrogen-bond donors (Lipinski definition) is 2. The Morgan fingerprint density at radius 1 is 1.14 bits per heavy atom. The minimum Gasteiger partial charge on any atom is -0.364 e. The Labute approximate surface area is 252 Å². The van der Waals surface area contributed by atoms with Crippen LogP contribution in [-0.2, 0) is 28.5 Å². The molecular formula is C29H27ClF3N5O2S2. The highest BCUT2D eigenvalue weighted by molar-refractivity contribution is 7.85. The zero-order valence-corrected chi connectivity index (χ0v) is 24.8. The lowest BCUT2D eigenvalue weighted by Crippen LogP contribution is -2.43. The number of rotatable bonds is 9. The summed E-state index contributed by atoms with van der Waals surface area (Å²) < 4.78 is 55.3.